The molecule has 15 heavy (non-hydrogen) atoms. The summed E-state index contributed by atoms with van der Waals surface area (Å²) in [4.78, 5) is 18.7. The highest BCUT2D eigenvalue weighted by Crippen LogP contribution is 2.18. The lowest BCUT2D eigenvalue weighted by Gasteiger charge is -2.01. The quantitative estimate of drug-likeness (QED) is 0.778. The van der Waals surface area contributed by atoms with Crippen LogP contribution in [0.4, 0.5) is 0 Å². The molecule has 0 unspecified atom stereocenters. The number of nitrogens with zero attached hydrogens (tertiary/aromatic N) is 2. The number of rotatable bonds is 2. The Kier molecular flexibility index (Phi) is 2.30. The largest absolute Gasteiger partial charge is 0.309 e. The lowest BCUT2D eigenvalue weighted by molar-refractivity contribution is 0.814. The van der Waals surface area contributed by atoms with E-state index in [9.17, 15) is 4.79 Å². The van der Waals surface area contributed by atoms with E-state index in [1.165, 1.54) is 0 Å². The van der Waals surface area contributed by atoms with Crippen LogP contribution in [0.15, 0.2) is 4.79 Å². The summed E-state index contributed by atoms with van der Waals surface area (Å²) in [5.41, 5.74) is 1.85. The standard InChI is InChI=1S/C10H14N4O/c1-4-6-11-8-7(5(2)3)13-14-9(8)10(15)12-6/h5H,4H2,1-3H3,(H,13,14)(H,11,12,15). The highest BCUT2D eigenvalue weighted by atomic mass is 16.1. The van der Waals surface area contributed by atoms with Gasteiger partial charge in [0.05, 0.1) is 5.69 Å². The first-order chi connectivity index (χ1) is 7.13. The number of aromatic nitrogens is 4. The second kappa shape index (κ2) is 3.49. The van der Waals surface area contributed by atoms with Crippen LogP contribution in [-0.2, 0) is 6.42 Å². The fourth-order valence-electron chi connectivity index (χ4n) is 1.54. The molecule has 2 aromatic heterocycles. The van der Waals surface area contributed by atoms with Gasteiger partial charge in [0, 0.05) is 6.42 Å². The number of H-pyrrole nitrogens is 2. The van der Waals surface area contributed by atoms with Crippen molar-refractivity contribution in [1.82, 2.24) is 20.2 Å². The number of aromatic amines is 2. The maximum absolute atomic E-state index is 11.6. The van der Waals surface area contributed by atoms with E-state index in [1.54, 1.807) is 0 Å². The number of nitrogens with one attached hydrogen (secondary N) is 2. The van der Waals surface area contributed by atoms with Gasteiger partial charge in [-0.2, -0.15) is 5.10 Å². The molecule has 2 aromatic rings. The second-order valence-corrected chi connectivity index (χ2v) is 3.86. The molecule has 80 valence electrons. The summed E-state index contributed by atoms with van der Waals surface area (Å²) in [5.74, 6) is 0.991. The van der Waals surface area contributed by atoms with Crippen molar-refractivity contribution < 1.29 is 0 Å². The summed E-state index contributed by atoms with van der Waals surface area (Å²) < 4.78 is 0. The topological polar surface area (TPSA) is 74.4 Å². The van der Waals surface area contributed by atoms with E-state index in [0.717, 1.165) is 5.69 Å². The van der Waals surface area contributed by atoms with Gasteiger partial charge in [-0.3, -0.25) is 9.89 Å². The zero-order valence-electron chi connectivity index (χ0n) is 9.09. The van der Waals surface area contributed by atoms with Gasteiger partial charge >= 0.3 is 0 Å². The van der Waals surface area contributed by atoms with E-state index in [0.29, 0.717) is 23.3 Å². The van der Waals surface area contributed by atoms with Gasteiger partial charge in [0.15, 0.2) is 5.52 Å². The van der Waals surface area contributed by atoms with Gasteiger partial charge in [0.1, 0.15) is 11.3 Å². The van der Waals surface area contributed by atoms with E-state index >= 15 is 0 Å². The molecule has 0 bridgehead atoms. The van der Waals surface area contributed by atoms with Crippen molar-refractivity contribution in [2.45, 2.75) is 33.1 Å². The molecule has 5 heteroatoms. The highest BCUT2D eigenvalue weighted by Gasteiger charge is 2.13. The van der Waals surface area contributed by atoms with Gasteiger partial charge in [-0.15, -0.1) is 0 Å². The van der Waals surface area contributed by atoms with Crippen LogP contribution in [0, 0.1) is 0 Å². The Labute approximate surface area is 86.9 Å². The van der Waals surface area contributed by atoms with Gasteiger partial charge in [0.2, 0.25) is 0 Å². The van der Waals surface area contributed by atoms with Crippen LogP contribution in [0.3, 0.4) is 0 Å². The molecule has 0 amide bonds. The predicted octanol–water partition coefficient (Wildman–Crippen LogP) is 1.33. The third-order valence-electron chi connectivity index (χ3n) is 2.40. The molecule has 0 fully saturated rings. The number of hydrogen-bond acceptors (Lipinski definition) is 3. The van der Waals surface area contributed by atoms with E-state index in [4.69, 9.17) is 0 Å². The van der Waals surface area contributed by atoms with Crippen LogP contribution in [0.2, 0.25) is 0 Å². The van der Waals surface area contributed by atoms with Gasteiger partial charge in [0.25, 0.3) is 5.56 Å². The molecule has 0 saturated carbocycles. The first kappa shape index (κ1) is 9.89. The van der Waals surface area contributed by atoms with Crippen molar-refractivity contribution in [2.24, 2.45) is 0 Å². The van der Waals surface area contributed by atoms with E-state index in [-0.39, 0.29) is 11.5 Å². The molecule has 0 saturated heterocycles. The smallest absolute Gasteiger partial charge is 0.279 e. The van der Waals surface area contributed by atoms with Crippen molar-refractivity contribution in [2.75, 3.05) is 0 Å². The monoisotopic (exact) mass is 206 g/mol. The average Bonchev–Trinajstić information content (AvgIpc) is 2.61. The Hall–Kier alpha value is -1.65. The Morgan fingerprint density at radius 1 is 1.33 bits per heavy atom. The Bertz CT molecular complexity index is 538. The molecule has 2 N–H and O–H groups in total. The number of aryl methyl sites for hydroxylation is 1. The molecule has 0 spiro atoms. The van der Waals surface area contributed by atoms with Gasteiger partial charge < -0.3 is 4.98 Å². The lowest BCUT2D eigenvalue weighted by Crippen LogP contribution is -2.11. The van der Waals surface area contributed by atoms with Gasteiger partial charge in [-0.1, -0.05) is 20.8 Å². The van der Waals surface area contributed by atoms with Crippen molar-refractivity contribution in [3.8, 4) is 0 Å². The second-order valence-electron chi connectivity index (χ2n) is 3.86. The fraction of sp³-hybridized carbons (Fsp3) is 0.500. The molecular formula is C10H14N4O. The van der Waals surface area contributed by atoms with Crippen LogP contribution in [-0.4, -0.2) is 20.2 Å². The van der Waals surface area contributed by atoms with Gasteiger partial charge in [-0.25, -0.2) is 4.98 Å². The molecule has 0 aliphatic heterocycles. The average molecular weight is 206 g/mol. The Morgan fingerprint density at radius 2 is 2.07 bits per heavy atom. The minimum Gasteiger partial charge on any atom is -0.309 e. The molecular weight excluding hydrogens is 192 g/mol. The molecule has 5 nitrogen and oxygen atoms in total. The van der Waals surface area contributed by atoms with Crippen molar-refractivity contribution in [3.05, 3.63) is 21.9 Å². The summed E-state index contributed by atoms with van der Waals surface area (Å²) in [6.07, 6.45) is 0.716. The molecule has 0 aliphatic rings. The summed E-state index contributed by atoms with van der Waals surface area (Å²) in [5, 5.41) is 6.86. The van der Waals surface area contributed by atoms with Crippen LogP contribution in [0.25, 0.3) is 11.0 Å². The molecule has 0 radical (unpaired) electrons. The minimum atomic E-state index is -0.167. The Morgan fingerprint density at radius 3 is 2.67 bits per heavy atom. The number of hydrogen-bond donors (Lipinski definition) is 2. The minimum absolute atomic E-state index is 0.167. The SMILES string of the molecule is CCc1nc2c(C(C)C)[nH]nc2c(=O)[nH]1. The van der Waals surface area contributed by atoms with Crippen molar-refractivity contribution >= 4 is 11.0 Å². The van der Waals surface area contributed by atoms with E-state index in [1.807, 2.05) is 20.8 Å². The zero-order valence-corrected chi connectivity index (χ0v) is 9.09. The third-order valence-corrected chi connectivity index (χ3v) is 2.40. The lowest BCUT2D eigenvalue weighted by atomic mass is 10.1. The van der Waals surface area contributed by atoms with Crippen LogP contribution >= 0.6 is 0 Å². The molecule has 2 rings (SSSR count). The maximum atomic E-state index is 11.6. The summed E-state index contributed by atoms with van der Waals surface area (Å²) in [6.45, 7) is 6.04. The molecule has 2 heterocycles. The third kappa shape index (κ3) is 1.54. The summed E-state index contributed by atoms with van der Waals surface area (Å²) >= 11 is 0. The molecule has 0 aliphatic carbocycles. The van der Waals surface area contributed by atoms with Crippen molar-refractivity contribution in [1.29, 1.82) is 0 Å². The first-order valence-corrected chi connectivity index (χ1v) is 5.10. The zero-order chi connectivity index (χ0) is 11.0. The molecule has 0 atom stereocenters. The Balaban J connectivity index is 2.78. The van der Waals surface area contributed by atoms with Crippen LogP contribution in [0.1, 0.15) is 38.2 Å². The van der Waals surface area contributed by atoms with Gasteiger partial charge in [-0.05, 0) is 5.92 Å². The van der Waals surface area contributed by atoms with Crippen LogP contribution < -0.4 is 5.56 Å². The fourth-order valence-corrected chi connectivity index (χ4v) is 1.54. The summed E-state index contributed by atoms with van der Waals surface area (Å²) in [7, 11) is 0. The van der Waals surface area contributed by atoms with Crippen molar-refractivity contribution in [3.63, 3.8) is 0 Å². The number of fused-ring (bicyclic) bond motifs is 1. The van der Waals surface area contributed by atoms with E-state index < -0.39 is 0 Å². The predicted molar refractivity (Wildman–Crippen MR) is 58.0 cm³/mol. The first-order valence-electron chi connectivity index (χ1n) is 5.10. The highest BCUT2D eigenvalue weighted by molar-refractivity contribution is 5.76. The normalized spacial score (nSPS) is 11.5. The van der Waals surface area contributed by atoms with Crippen LogP contribution in [0.5, 0.6) is 0 Å². The van der Waals surface area contributed by atoms with E-state index in [2.05, 4.69) is 20.2 Å². The summed E-state index contributed by atoms with van der Waals surface area (Å²) in [6, 6.07) is 0. The molecule has 0 aromatic carbocycles. The maximum Gasteiger partial charge on any atom is 0.279 e.